The predicted octanol–water partition coefficient (Wildman–Crippen LogP) is 1.42. The minimum absolute atomic E-state index is 0.360. The van der Waals surface area contributed by atoms with E-state index < -0.39 is 9.84 Å². The maximum absolute atomic E-state index is 12.1. The van der Waals surface area contributed by atoms with Gasteiger partial charge in [-0.3, -0.25) is 0 Å². The van der Waals surface area contributed by atoms with Crippen LogP contribution in [0.5, 0.6) is 0 Å². The molecule has 0 amide bonds. The molecule has 0 aromatic heterocycles. The van der Waals surface area contributed by atoms with Crippen molar-refractivity contribution in [2.45, 2.75) is 36.7 Å². The Morgan fingerprint density at radius 2 is 2.11 bits per heavy atom. The van der Waals surface area contributed by atoms with Gasteiger partial charge in [0.1, 0.15) is 0 Å². The van der Waals surface area contributed by atoms with Crippen LogP contribution in [0.15, 0.2) is 28.5 Å². The molecule has 1 heterocycles. The molecule has 1 aromatic carbocycles. The minimum Gasteiger partial charge on any atom is -0.326 e. The molecule has 0 unspecified atom stereocenters. The molecule has 1 aliphatic carbocycles. The van der Waals surface area contributed by atoms with Gasteiger partial charge in [0.2, 0.25) is 9.84 Å². The second-order valence-corrected chi connectivity index (χ2v) is 7.00. The first kappa shape index (κ1) is 12.8. The van der Waals surface area contributed by atoms with Gasteiger partial charge in [0.25, 0.3) is 0 Å². The molecule has 1 aromatic rings. The summed E-state index contributed by atoms with van der Waals surface area (Å²) in [5.41, 5.74) is 8.11. The SMILES string of the molecule is NCc1ccc2c(c1)S(=O)(=O)C=C2CNC1CCC1. The maximum Gasteiger partial charge on any atom is 0.200 e. The highest BCUT2D eigenvalue weighted by molar-refractivity contribution is 7.95. The molecule has 1 fully saturated rings. The molecule has 0 atom stereocenters. The van der Waals surface area contributed by atoms with Crippen molar-refractivity contribution >= 4 is 15.4 Å². The zero-order chi connectivity index (χ0) is 13.5. The van der Waals surface area contributed by atoms with Gasteiger partial charge < -0.3 is 11.1 Å². The van der Waals surface area contributed by atoms with Crippen LogP contribution >= 0.6 is 0 Å². The van der Waals surface area contributed by atoms with E-state index in [2.05, 4.69) is 5.32 Å². The van der Waals surface area contributed by atoms with Crippen LogP contribution < -0.4 is 11.1 Å². The van der Waals surface area contributed by atoms with Crippen LogP contribution in [-0.4, -0.2) is 21.0 Å². The van der Waals surface area contributed by atoms with E-state index in [0.717, 1.165) is 16.7 Å². The largest absolute Gasteiger partial charge is 0.326 e. The first-order valence-electron chi connectivity index (χ1n) is 6.62. The van der Waals surface area contributed by atoms with Crippen LogP contribution in [0.1, 0.15) is 30.4 Å². The minimum atomic E-state index is -3.28. The summed E-state index contributed by atoms with van der Waals surface area (Å²) in [5.74, 6) is 0. The molecule has 0 saturated heterocycles. The molecule has 3 rings (SSSR count). The molecule has 3 N–H and O–H groups in total. The number of hydrogen-bond donors (Lipinski definition) is 2. The van der Waals surface area contributed by atoms with E-state index in [-0.39, 0.29) is 0 Å². The van der Waals surface area contributed by atoms with E-state index in [4.69, 9.17) is 5.73 Å². The predicted molar refractivity (Wildman–Crippen MR) is 75.1 cm³/mol. The van der Waals surface area contributed by atoms with Crippen molar-refractivity contribution in [3.05, 3.63) is 34.7 Å². The zero-order valence-corrected chi connectivity index (χ0v) is 11.5. The molecule has 102 valence electrons. The van der Waals surface area contributed by atoms with Gasteiger partial charge in [-0.2, -0.15) is 0 Å². The Morgan fingerprint density at radius 1 is 1.32 bits per heavy atom. The van der Waals surface area contributed by atoms with Crippen LogP contribution in [0.3, 0.4) is 0 Å². The Balaban J connectivity index is 1.87. The molecule has 0 spiro atoms. The van der Waals surface area contributed by atoms with Crippen molar-refractivity contribution in [2.24, 2.45) is 5.73 Å². The number of fused-ring (bicyclic) bond motifs is 1. The summed E-state index contributed by atoms with van der Waals surface area (Å²) in [5, 5.41) is 4.80. The fourth-order valence-electron chi connectivity index (χ4n) is 2.51. The summed E-state index contributed by atoms with van der Waals surface area (Å²) in [6.45, 7) is 0.983. The monoisotopic (exact) mass is 278 g/mol. The Morgan fingerprint density at radius 3 is 2.74 bits per heavy atom. The first-order chi connectivity index (χ1) is 9.10. The van der Waals surface area contributed by atoms with Crippen molar-refractivity contribution in [3.63, 3.8) is 0 Å². The number of nitrogens with one attached hydrogen (secondary N) is 1. The second-order valence-electron chi connectivity index (χ2n) is 5.23. The van der Waals surface area contributed by atoms with Crippen LogP contribution in [0.4, 0.5) is 0 Å². The molecule has 5 heteroatoms. The van der Waals surface area contributed by atoms with E-state index in [9.17, 15) is 8.42 Å². The molecule has 1 saturated carbocycles. The molecule has 19 heavy (non-hydrogen) atoms. The molecule has 4 nitrogen and oxygen atoms in total. The van der Waals surface area contributed by atoms with E-state index >= 15 is 0 Å². The Kier molecular flexibility index (Phi) is 3.20. The van der Waals surface area contributed by atoms with Crippen molar-refractivity contribution in [2.75, 3.05) is 6.54 Å². The highest BCUT2D eigenvalue weighted by Gasteiger charge is 2.27. The number of nitrogens with two attached hydrogens (primary N) is 1. The van der Waals surface area contributed by atoms with Crippen molar-refractivity contribution in [1.82, 2.24) is 5.32 Å². The Labute approximate surface area is 113 Å². The smallest absolute Gasteiger partial charge is 0.200 e. The molecule has 0 bridgehead atoms. The molecule has 0 radical (unpaired) electrons. The van der Waals surface area contributed by atoms with Gasteiger partial charge in [0.05, 0.1) is 4.90 Å². The summed E-state index contributed by atoms with van der Waals surface area (Å²) >= 11 is 0. The fraction of sp³-hybridized carbons (Fsp3) is 0.429. The van der Waals surface area contributed by atoms with Gasteiger partial charge in [-0.25, -0.2) is 8.42 Å². The van der Waals surface area contributed by atoms with E-state index in [1.165, 1.54) is 24.7 Å². The van der Waals surface area contributed by atoms with Crippen molar-refractivity contribution < 1.29 is 8.42 Å². The zero-order valence-electron chi connectivity index (χ0n) is 10.7. The third kappa shape index (κ3) is 2.33. The van der Waals surface area contributed by atoms with Gasteiger partial charge in [-0.1, -0.05) is 18.6 Å². The standard InChI is InChI=1S/C14H18N2O2S/c15-7-10-4-5-13-11(8-16-12-2-1-3-12)9-19(17,18)14(13)6-10/h4-6,9,12,16H,1-3,7-8,15H2. The molecular formula is C14H18N2O2S. The third-order valence-corrected chi connectivity index (χ3v) is 5.46. The second kappa shape index (κ2) is 4.74. The van der Waals surface area contributed by atoms with Crippen molar-refractivity contribution in [3.8, 4) is 0 Å². The van der Waals surface area contributed by atoms with Crippen LogP contribution in [0.2, 0.25) is 0 Å². The summed E-state index contributed by atoms with van der Waals surface area (Å²) in [6, 6.07) is 6.01. The van der Waals surface area contributed by atoms with Gasteiger partial charge in [0.15, 0.2) is 0 Å². The normalized spacial score (nSPS) is 20.8. The summed E-state index contributed by atoms with van der Waals surface area (Å²) in [7, 11) is -3.28. The number of rotatable bonds is 4. The van der Waals surface area contributed by atoms with E-state index in [0.29, 0.717) is 24.0 Å². The highest BCUT2D eigenvalue weighted by atomic mass is 32.2. The van der Waals surface area contributed by atoms with Gasteiger partial charge in [-0.05, 0) is 35.6 Å². The topological polar surface area (TPSA) is 72.2 Å². The lowest BCUT2D eigenvalue weighted by molar-refractivity contribution is 0.353. The lowest BCUT2D eigenvalue weighted by Crippen LogP contribution is -2.35. The molecular weight excluding hydrogens is 260 g/mol. The molecule has 1 aliphatic heterocycles. The number of hydrogen-bond acceptors (Lipinski definition) is 4. The third-order valence-electron chi connectivity index (χ3n) is 3.92. The van der Waals surface area contributed by atoms with E-state index in [1.54, 1.807) is 6.07 Å². The van der Waals surface area contributed by atoms with Gasteiger partial charge in [0, 0.05) is 24.5 Å². The summed E-state index contributed by atoms with van der Waals surface area (Å²) in [4.78, 5) is 0.404. The highest BCUT2D eigenvalue weighted by Crippen LogP contribution is 2.34. The average Bonchev–Trinajstić information content (AvgIpc) is 2.59. The Bertz CT molecular complexity index is 631. The molecule has 2 aliphatic rings. The fourth-order valence-corrected chi connectivity index (χ4v) is 4.05. The maximum atomic E-state index is 12.1. The van der Waals surface area contributed by atoms with Crippen LogP contribution in [-0.2, 0) is 16.4 Å². The average molecular weight is 278 g/mol. The summed E-state index contributed by atoms with van der Waals surface area (Å²) in [6.07, 6.45) is 3.66. The number of sulfone groups is 1. The lowest BCUT2D eigenvalue weighted by atomic mass is 9.93. The van der Waals surface area contributed by atoms with Crippen LogP contribution in [0, 0.1) is 0 Å². The summed E-state index contributed by atoms with van der Waals surface area (Å²) < 4.78 is 24.2. The Hall–Kier alpha value is -1.17. The lowest BCUT2D eigenvalue weighted by Gasteiger charge is -2.26. The van der Waals surface area contributed by atoms with Gasteiger partial charge in [-0.15, -0.1) is 0 Å². The van der Waals surface area contributed by atoms with E-state index in [1.807, 2.05) is 12.1 Å². The van der Waals surface area contributed by atoms with Gasteiger partial charge >= 0.3 is 0 Å². The van der Waals surface area contributed by atoms with Crippen LogP contribution in [0.25, 0.3) is 5.57 Å². The number of benzene rings is 1. The quantitative estimate of drug-likeness (QED) is 0.873. The van der Waals surface area contributed by atoms with Crippen molar-refractivity contribution in [1.29, 1.82) is 0 Å². The first-order valence-corrected chi connectivity index (χ1v) is 8.17.